The molecule has 1 aromatic heterocycles. The normalized spacial score (nSPS) is 21.5. The Morgan fingerprint density at radius 3 is 2.75 bits per heavy atom. The molecule has 0 saturated carbocycles. The maximum atomic E-state index is 14.6. The van der Waals surface area contributed by atoms with Crippen molar-refractivity contribution in [3.05, 3.63) is 59.0 Å². The van der Waals surface area contributed by atoms with E-state index >= 15 is 0 Å². The largest absolute Gasteiger partial charge is 0.377 e. The van der Waals surface area contributed by atoms with Gasteiger partial charge in [0.25, 0.3) is 0 Å². The zero-order chi connectivity index (χ0) is 20.3. The molecule has 0 radical (unpaired) electrons. The van der Waals surface area contributed by atoms with Crippen molar-refractivity contribution in [2.24, 2.45) is 5.73 Å². The summed E-state index contributed by atoms with van der Waals surface area (Å²) in [5.41, 5.74) is 4.07. The van der Waals surface area contributed by atoms with Crippen LogP contribution in [0.1, 0.15) is 18.9 Å². The number of nitrogens with zero attached hydrogens (tertiary/aromatic N) is 2. The number of carbonyl (C=O) groups excluding carboxylic acids is 2. The molecule has 3 amide bonds. The van der Waals surface area contributed by atoms with Crippen LogP contribution in [0.25, 0.3) is 0 Å². The molecular formula is C19H20ClFN4O3. The number of halogens is 2. The summed E-state index contributed by atoms with van der Waals surface area (Å²) in [4.78, 5) is 30.8. The average molecular weight is 407 g/mol. The van der Waals surface area contributed by atoms with Crippen LogP contribution in [0, 0.1) is 5.82 Å². The van der Waals surface area contributed by atoms with E-state index in [0.29, 0.717) is 11.6 Å². The van der Waals surface area contributed by atoms with Gasteiger partial charge in [0.2, 0.25) is 5.91 Å². The number of rotatable bonds is 5. The molecule has 148 valence electrons. The summed E-state index contributed by atoms with van der Waals surface area (Å²) in [6.07, 6.45) is 0.960. The van der Waals surface area contributed by atoms with Crippen molar-refractivity contribution in [2.45, 2.75) is 25.0 Å². The van der Waals surface area contributed by atoms with Crippen molar-refractivity contribution in [3.63, 3.8) is 0 Å². The van der Waals surface area contributed by atoms with Crippen molar-refractivity contribution in [3.8, 4) is 0 Å². The number of benzene rings is 1. The van der Waals surface area contributed by atoms with Gasteiger partial charge in [0.1, 0.15) is 11.6 Å². The number of amides is 3. The van der Waals surface area contributed by atoms with Crippen LogP contribution in [0.15, 0.2) is 42.6 Å². The molecule has 28 heavy (non-hydrogen) atoms. The van der Waals surface area contributed by atoms with E-state index in [-0.39, 0.29) is 24.3 Å². The highest BCUT2D eigenvalue weighted by Crippen LogP contribution is 2.41. The van der Waals surface area contributed by atoms with Crippen molar-refractivity contribution in [2.75, 3.05) is 18.5 Å². The van der Waals surface area contributed by atoms with E-state index in [2.05, 4.69) is 10.3 Å². The minimum absolute atomic E-state index is 0.0314. The first-order chi connectivity index (χ1) is 13.4. The number of aromatic nitrogens is 1. The minimum Gasteiger partial charge on any atom is -0.377 e. The van der Waals surface area contributed by atoms with Crippen LogP contribution < -0.4 is 11.1 Å². The summed E-state index contributed by atoms with van der Waals surface area (Å²) in [5, 5.41) is 3.01. The van der Waals surface area contributed by atoms with Gasteiger partial charge in [-0.25, -0.2) is 14.2 Å². The lowest BCUT2D eigenvalue weighted by molar-refractivity contribution is -0.128. The second kappa shape index (κ2) is 8.12. The zero-order valence-electron chi connectivity index (χ0n) is 15.2. The van der Waals surface area contributed by atoms with E-state index in [1.54, 1.807) is 19.1 Å². The van der Waals surface area contributed by atoms with Gasteiger partial charge in [-0.1, -0.05) is 29.8 Å². The highest BCUT2D eigenvalue weighted by Gasteiger charge is 2.55. The number of urea groups is 1. The number of pyridine rings is 1. The van der Waals surface area contributed by atoms with Crippen molar-refractivity contribution < 1.29 is 18.7 Å². The van der Waals surface area contributed by atoms with Gasteiger partial charge in [0.05, 0.1) is 17.7 Å². The number of ether oxygens (including phenoxy) is 1. The van der Waals surface area contributed by atoms with Crippen LogP contribution in [0.3, 0.4) is 0 Å². The fraction of sp³-hybridized carbons (Fsp3) is 0.316. The lowest BCUT2D eigenvalue weighted by atomic mass is 9.85. The summed E-state index contributed by atoms with van der Waals surface area (Å²) in [6, 6.07) is 8.22. The maximum Gasteiger partial charge on any atom is 0.324 e. The van der Waals surface area contributed by atoms with Crippen LogP contribution in [-0.2, 0) is 15.1 Å². The first kappa shape index (κ1) is 20.0. The van der Waals surface area contributed by atoms with Crippen LogP contribution >= 0.6 is 11.6 Å². The van der Waals surface area contributed by atoms with Gasteiger partial charge in [-0.05, 0) is 25.1 Å². The summed E-state index contributed by atoms with van der Waals surface area (Å²) in [5.74, 6) is -1.22. The quantitative estimate of drug-likeness (QED) is 0.797. The van der Waals surface area contributed by atoms with Crippen LogP contribution in [-0.4, -0.2) is 41.1 Å². The van der Waals surface area contributed by atoms with E-state index in [4.69, 9.17) is 22.1 Å². The molecule has 1 aliphatic rings. The summed E-state index contributed by atoms with van der Waals surface area (Å²) < 4.78 is 20.3. The number of likely N-dealkylation sites (tertiary alicyclic amines) is 1. The van der Waals surface area contributed by atoms with Crippen molar-refractivity contribution in [1.29, 1.82) is 0 Å². The molecule has 2 aromatic rings. The number of carbonyl (C=O) groups is 2. The fourth-order valence-corrected chi connectivity index (χ4v) is 3.62. The first-order valence-corrected chi connectivity index (χ1v) is 9.13. The van der Waals surface area contributed by atoms with E-state index in [0.717, 1.165) is 0 Å². The first-order valence-electron chi connectivity index (χ1n) is 8.75. The molecule has 1 aromatic carbocycles. The Balaban J connectivity index is 2.01. The average Bonchev–Trinajstić information content (AvgIpc) is 3.05. The molecule has 2 unspecified atom stereocenters. The lowest BCUT2D eigenvalue weighted by Gasteiger charge is -2.35. The van der Waals surface area contributed by atoms with Gasteiger partial charge in [0, 0.05) is 24.8 Å². The van der Waals surface area contributed by atoms with Crippen LogP contribution in [0.5, 0.6) is 0 Å². The highest BCUT2D eigenvalue weighted by molar-refractivity contribution is 6.30. The van der Waals surface area contributed by atoms with E-state index in [9.17, 15) is 14.0 Å². The molecule has 1 fully saturated rings. The number of primary amides is 1. The van der Waals surface area contributed by atoms with Gasteiger partial charge < -0.3 is 15.4 Å². The second-order valence-corrected chi connectivity index (χ2v) is 6.82. The molecule has 0 aliphatic carbocycles. The third-order valence-electron chi connectivity index (χ3n) is 4.71. The Morgan fingerprint density at radius 2 is 2.14 bits per heavy atom. The van der Waals surface area contributed by atoms with E-state index < -0.39 is 29.4 Å². The molecular weight excluding hydrogens is 387 g/mol. The molecule has 1 aliphatic heterocycles. The van der Waals surface area contributed by atoms with Crippen LogP contribution in [0.2, 0.25) is 5.02 Å². The third-order valence-corrected chi connectivity index (χ3v) is 4.93. The Morgan fingerprint density at radius 1 is 1.39 bits per heavy atom. The van der Waals surface area contributed by atoms with E-state index in [1.807, 2.05) is 0 Å². The van der Waals surface area contributed by atoms with Crippen molar-refractivity contribution in [1.82, 2.24) is 9.88 Å². The maximum absolute atomic E-state index is 14.6. The number of anilines is 1. The SMILES string of the molecule is CCOC1CN(C(=O)Nc2ccc(Cl)cn2)C(C(N)=O)(c2ccccc2F)C1. The molecule has 3 N–H and O–H groups in total. The Bertz CT molecular complexity index is 880. The topological polar surface area (TPSA) is 97.6 Å². The Hall–Kier alpha value is -2.71. The zero-order valence-corrected chi connectivity index (χ0v) is 15.9. The predicted molar refractivity (Wildman–Crippen MR) is 102 cm³/mol. The highest BCUT2D eigenvalue weighted by atomic mass is 35.5. The number of hydrogen-bond acceptors (Lipinski definition) is 4. The Labute approximate surface area is 166 Å². The van der Waals surface area contributed by atoms with Gasteiger partial charge in [-0.15, -0.1) is 0 Å². The van der Waals surface area contributed by atoms with Crippen molar-refractivity contribution >= 4 is 29.4 Å². The second-order valence-electron chi connectivity index (χ2n) is 6.39. The molecule has 7 nitrogen and oxygen atoms in total. The van der Waals surface area contributed by atoms with Gasteiger partial charge in [-0.3, -0.25) is 10.1 Å². The van der Waals surface area contributed by atoms with Gasteiger partial charge in [0.15, 0.2) is 5.54 Å². The minimum atomic E-state index is -1.68. The van der Waals surface area contributed by atoms with Gasteiger partial charge >= 0.3 is 6.03 Å². The fourth-order valence-electron chi connectivity index (χ4n) is 3.51. The van der Waals surface area contributed by atoms with E-state index in [1.165, 1.54) is 35.4 Å². The molecule has 3 rings (SSSR count). The Kier molecular flexibility index (Phi) is 5.81. The summed E-state index contributed by atoms with van der Waals surface area (Å²) in [6.45, 7) is 2.25. The number of nitrogens with one attached hydrogen (secondary N) is 1. The number of hydrogen-bond donors (Lipinski definition) is 2. The third kappa shape index (κ3) is 3.65. The molecule has 2 heterocycles. The number of nitrogens with two attached hydrogens (primary N) is 1. The predicted octanol–water partition coefficient (Wildman–Crippen LogP) is 2.90. The summed E-state index contributed by atoms with van der Waals surface area (Å²) >= 11 is 5.81. The summed E-state index contributed by atoms with van der Waals surface area (Å²) in [7, 11) is 0. The molecule has 2 atom stereocenters. The molecule has 0 bridgehead atoms. The van der Waals surface area contributed by atoms with Crippen LogP contribution in [0.4, 0.5) is 15.0 Å². The molecule has 1 saturated heterocycles. The standard InChI is InChI=1S/C19H20ClFN4O3/c1-2-28-13-9-19(17(22)26,14-5-3-4-6-15(14)21)25(11-13)18(27)24-16-8-7-12(20)10-23-16/h3-8,10,13H,2,9,11H2,1H3,(H2,22,26)(H,23,24,27). The molecule has 9 heteroatoms. The monoisotopic (exact) mass is 406 g/mol. The lowest BCUT2D eigenvalue weighted by Crippen LogP contribution is -2.55. The van der Waals surface area contributed by atoms with Gasteiger partial charge in [-0.2, -0.15) is 0 Å². The molecule has 0 spiro atoms. The smallest absolute Gasteiger partial charge is 0.324 e.